The molecule has 1 aromatic heterocycles. The Hall–Kier alpha value is -1.62. The average molecular weight is 310 g/mol. The molecule has 0 spiro atoms. The van der Waals surface area contributed by atoms with Crippen LogP contribution in [0.4, 0.5) is 4.39 Å². The molecule has 0 saturated carbocycles. The van der Waals surface area contributed by atoms with Crippen LogP contribution in [-0.4, -0.2) is 39.8 Å². The SMILES string of the molecule is Cc1cc2c(cc1F)nc(CCCl)n2C1CCN(C)C1=O. The Kier molecular flexibility index (Phi) is 3.61. The Morgan fingerprint density at radius 3 is 2.86 bits per heavy atom. The highest BCUT2D eigenvalue weighted by atomic mass is 35.5. The molecule has 1 atom stereocenters. The van der Waals surface area contributed by atoms with Crippen LogP contribution in [0.15, 0.2) is 12.1 Å². The van der Waals surface area contributed by atoms with Crippen LogP contribution >= 0.6 is 11.6 Å². The Labute approximate surface area is 127 Å². The number of likely N-dealkylation sites (N-methyl/N-ethyl adjacent to an activating group) is 1. The summed E-state index contributed by atoms with van der Waals surface area (Å²) in [5, 5.41) is 0. The number of carbonyl (C=O) groups excluding carboxylic acids is 1. The summed E-state index contributed by atoms with van der Waals surface area (Å²) in [6.07, 6.45) is 1.30. The molecule has 6 heteroatoms. The van der Waals surface area contributed by atoms with E-state index >= 15 is 0 Å². The van der Waals surface area contributed by atoms with Crippen molar-refractivity contribution in [3.63, 3.8) is 0 Å². The van der Waals surface area contributed by atoms with Gasteiger partial charge in [-0.05, 0) is 25.0 Å². The van der Waals surface area contributed by atoms with Crippen molar-refractivity contribution in [2.45, 2.75) is 25.8 Å². The highest BCUT2D eigenvalue weighted by molar-refractivity contribution is 6.17. The minimum atomic E-state index is -0.278. The average Bonchev–Trinajstić information content (AvgIpc) is 2.93. The van der Waals surface area contributed by atoms with Crippen molar-refractivity contribution in [1.82, 2.24) is 14.5 Å². The second-order valence-electron chi connectivity index (χ2n) is 5.49. The van der Waals surface area contributed by atoms with Crippen molar-refractivity contribution in [2.24, 2.45) is 0 Å². The summed E-state index contributed by atoms with van der Waals surface area (Å²) in [5.41, 5.74) is 1.95. The number of rotatable bonds is 3. The van der Waals surface area contributed by atoms with E-state index in [2.05, 4.69) is 4.98 Å². The number of benzene rings is 1. The van der Waals surface area contributed by atoms with Crippen molar-refractivity contribution in [1.29, 1.82) is 0 Å². The van der Waals surface area contributed by atoms with Crippen LogP contribution in [0.1, 0.15) is 23.9 Å². The van der Waals surface area contributed by atoms with Gasteiger partial charge in [-0.2, -0.15) is 0 Å². The van der Waals surface area contributed by atoms with Crippen LogP contribution in [0.2, 0.25) is 0 Å². The maximum atomic E-state index is 13.7. The van der Waals surface area contributed by atoms with Gasteiger partial charge >= 0.3 is 0 Å². The maximum Gasteiger partial charge on any atom is 0.245 e. The molecular formula is C15H17ClFN3O. The van der Waals surface area contributed by atoms with Gasteiger partial charge in [0.25, 0.3) is 0 Å². The van der Waals surface area contributed by atoms with Crippen LogP contribution in [-0.2, 0) is 11.2 Å². The van der Waals surface area contributed by atoms with Crippen molar-refractivity contribution >= 4 is 28.5 Å². The molecule has 112 valence electrons. The van der Waals surface area contributed by atoms with Crippen molar-refractivity contribution in [2.75, 3.05) is 19.5 Å². The highest BCUT2D eigenvalue weighted by Crippen LogP contribution is 2.30. The molecule has 1 unspecified atom stereocenters. The van der Waals surface area contributed by atoms with E-state index in [1.807, 2.05) is 4.57 Å². The van der Waals surface area contributed by atoms with Gasteiger partial charge in [-0.15, -0.1) is 11.6 Å². The zero-order chi connectivity index (χ0) is 15.1. The van der Waals surface area contributed by atoms with E-state index < -0.39 is 0 Å². The monoisotopic (exact) mass is 309 g/mol. The number of aryl methyl sites for hydroxylation is 2. The summed E-state index contributed by atoms with van der Waals surface area (Å²) < 4.78 is 15.7. The first kappa shape index (κ1) is 14.3. The number of fused-ring (bicyclic) bond motifs is 1. The minimum Gasteiger partial charge on any atom is -0.344 e. The number of amides is 1. The number of nitrogens with zero attached hydrogens (tertiary/aromatic N) is 3. The number of aromatic nitrogens is 2. The molecule has 1 aliphatic rings. The molecule has 0 aliphatic carbocycles. The van der Waals surface area contributed by atoms with Crippen molar-refractivity contribution < 1.29 is 9.18 Å². The topological polar surface area (TPSA) is 38.1 Å². The number of hydrogen-bond donors (Lipinski definition) is 0. The quantitative estimate of drug-likeness (QED) is 0.818. The summed E-state index contributed by atoms with van der Waals surface area (Å²) in [6, 6.07) is 2.94. The lowest BCUT2D eigenvalue weighted by Crippen LogP contribution is -2.25. The van der Waals surface area contributed by atoms with Crippen LogP contribution in [0.25, 0.3) is 11.0 Å². The van der Waals surface area contributed by atoms with Gasteiger partial charge in [0, 0.05) is 32.0 Å². The van der Waals surface area contributed by atoms with Gasteiger partial charge in [-0.25, -0.2) is 9.37 Å². The molecule has 1 fully saturated rings. The molecule has 1 aliphatic heterocycles. The third kappa shape index (κ3) is 2.29. The normalized spacial score (nSPS) is 19.0. The molecule has 2 aromatic rings. The van der Waals surface area contributed by atoms with E-state index in [1.165, 1.54) is 6.07 Å². The van der Waals surface area contributed by atoms with Crippen molar-refractivity contribution in [3.8, 4) is 0 Å². The van der Waals surface area contributed by atoms with E-state index in [1.54, 1.807) is 24.9 Å². The van der Waals surface area contributed by atoms with Gasteiger partial charge in [-0.3, -0.25) is 4.79 Å². The Morgan fingerprint density at radius 1 is 1.48 bits per heavy atom. The Morgan fingerprint density at radius 2 is 2.24 bits per heavy atom. The van der Waals surface area contributed by atoms with Gasteiger partial charge < -0.3 is 9.47 Å². The molecule has 21 heavy (non-hydrogen) atoms. The van der Waals surface area contributed by atoms with Gasteiger partial charge in [0.1, 0.15) is 17.7 Å². The summed E-state index contributed by atoms with van der Waals surface area (Å²) in [5.74, 6) is 0.965. The molecule has 0 radical (unpaired) electrons. The number of hydrogen-bond acceptors (Lipinski definition) is 2. The molecule has 2 heterocycles. The van der Waals surface area contributed by atoms with E-state index in [0.29, 0.717) is 23.4 Å². The van der Waals surface area contributed by atoms with Gasteiger partial charge in [0.15, 0.2) is 0 Å². The molecule has 0 bridgehead atoms. The smallest absolute Gasteiger partial charge is 0.245 e. The lowest BCUT2D eigenvalue weighted by molar-refractivity contribution is -0.129. The standard InChI is InChI=1S/C15H17ClFN3O/c1-9-7-13-11(8-10(9)17)18-14(3-5-16)20(13)12-4-6-19(2)15(12)21/h7-8,12H,3-6H2,1-2H3. The van der Waals surface area contributed by atoms with Gasteiger partial charge in [0.05, 0.1) is 11.0 Å². The zero-order valence-electron chi connectivity index (χ0n) is 12.1. The lowest BCUT2D eigenvalue weighted by atomic mass is 10.2. The summed E-state index contributed by atoms with van der Waals surface area (Å²) in [4.78, 5) is 18.5. The van der Waals surface area contributed by atoms with Gasteiger partial charge in [-0.1, -0.05) is 0 Å². The van der Waals surface area contributed by atoms with E-state index in [-0.39, 0.29) is 17.8 Å². The Balaban J connectivity index is 2.20. The first-order chi connectivity index (χ1) is 10.0. The lowest BCUT2D eigenvalue weighted by Gasteiger charge is -2.16. The second kappa shape index (κ2) is 5.30. The first-order valence-corrected chi connectivity index (χ1v) is 7.54. The zero-order valence-corrected chi connectivity index (χ0v) is 12.8. The molecule has 1 aromatic carbocycles. The highest BCUT2D eigenvalue weighted by Gasteiger charge is 2.33. The summed E-state index contributed by atoms with van der Waals surface area (Å²) >= 11 is 5.85. The van der Waals surface area contributed by atoms with E-state index in [4.69, 9.17) is 11.6 Å². The van der Waals surface area contributed by atoms with E-state index in [0.717, 1.165) is 24.3 Å². The van der Waals surface area contributed by atoms with E-state index in [9.17, 15) is 9.18 Å². The fraction of sp³-hybridized carbons (Fsp3) is 0.467. The Bertz CT molecular complexity index is 712. The van der Waals surface area contributed by atoms with Crippen LogP contribution in [0.5, 0.6) is 0 Å². The third-order valence-corrected chi connectivity index (χ3v) is 4.26. The maximum absolute atomic E-state index is 13.7. The predicted octanol–water partition coefficient (Wildman–Crippen LogP) is 2.67. The van der Waals surface area contributed by atoms with Crippen LogP contribution in [0.3, 0.4) is 0 Å². The predicted molar refractivity (Wildman–Crippen MR) is 80.1 cm³/mol. The molecule has 1 amide bonds. The number of carbonyl (C=O) groups is 1. The fourth-order valence-corrected chi connectivity index (χ4v) is 3.09. The molecule has 4 nitrogen and oxygen atoms in total. The summed E-state index contributed by atoms with van der Waals surface area (Å²) in [7, 11) is 1.80. The molecule has 3 rings (SSSR count). The number of halogens is 2. The van der Waals surface area contributed by atoms with Crippen LogP contribution in [0, 0.1) is 12.7 Å². The first-order valence-electron chi connectivity index (χ1n) is 7.01. The second-order valence-corrected chi connectivity index (χ2v) is 5.87. The van der Waals surface area contributed by atoms with Crippen molar-refractivity contribution in [3.05, 3.63) is 29.3 Å². The number of likely N-dealkylation sites (tertiary alicyclic amines) is 1. The summed E-state index contributed by atoms with van der Waals surface area (Å²) in [6.45, 7) is 2.44. The minimum absolute atomic E-state index is 0.0760. The fourth-order valence-electron chi connectivity index (χ4n) is 2.92. The van der Waals surface area contributed by atoms with Gasteiger partial charge in [0.2, 0.25) is 5.91 Å². The molecule has 1 saturated heterocycles. The molecular weight excluding hydrogens is 293 g/mol. The number of imidazole rings is 1. The number of alkyl halides is 1. The third-order valence-electron chi connectivity index (χ3n) is 4.07. The molecule has 0 N–H and O–H groups in total. The largest absolute Gasteiger partial charge is 0.344 e. The van der Waals surface area contributed by atoms with Crippen LogP contribution < -0.4 is 0 Å².